The first-order valence-corrected chi connectivity index (χ1v) is 2.82. The molecule has 6 nitrogen and oxygen atoms in total. The summed E-state index contributed by atoms with van der Waals surface area (Å²) >= 11 is 0. The van der Waals surface area contributed by atoms with Crippen LogP contribution in [0.4, 0.5) is 5.82 Å². The van der Waals surface area contributed by atoms with Crippen molar-refractivity contribution in [3.8, 4) is 5.88 Å². The third-order valence-corrected chi connectivity index (χ3v) is 1.14. The number of nitrogens with zero attached hydrogens (tertiary/aromatic N) is 2. The number of hydrogen-bond acceptors (Lipinski definition) is 5. The van der Waals surface area contributed by atoms with Gasteiger partial charge in [0.15, 0.2) is 0 Å². The zero-order valence-corrected chi connectivity index (χ0v) is 5.90. The Bertz CT molecular complexity index is 319. The first kappa shape index (κ1) is 7.39. The molecule has 1 aromatic heterocycles. The van der Waals surface area contributed by atoms with E-state index in [4.69, 9.17) is 21.1 Å². The van der Waals surface area contributed by atoms with Crippen molar-refractivity contribution < 1.29 is 9.94 Å². The maximum absolute atomic E-state index is 8.91. The van der Waals surface area contributed by atoms with Gasteiger partial charge in [0.2, 0.25) is 5.88 Å². The number of nitrogens with one attached hydrogen (secondary N) is 1. The van der Waals surface area contributed by atoms with Crippen LogP contribution in [0.1, 0.15) is 0 Å². The molecule has 0 spiro atoms. The van der Waals surface area contributed by atoms with E-state index >= 15 is 0 Å². The van der Waals surface area contributed by atoms with Crippen molar-refractivity contribution in [1.82, 2.24) is 9.71 Å². The topological polar surface area (TPSA) is 97.1 Å². The summed E-state index contributed by atoms with van der Waals surface area (Å²) in [4.78, 5) is 3.53. The summed E-state index contributed by atoms with van der Waals surface area (Å²) in [6.45, 7) is 0. The highest BCUT2D eigenvalue weighted by molar-refractivity contribution is 5.31. The third kappa shape index (κ3) is 1.23. The minimum atomic E-state index is -0.359. The molecule has 4 N–H and O–H groups in total. The molecule has 60 valence electrons. The van der Waals surface area contributed by atoms with Gasteiger partial charge >= 0.3 is 0 Å². The molecule has 0 aromatic carbocycles. The summed E-state index contributed by atoms with van der Waals surface area (Å²) in [6, 6.07) is 1.32. The molecule has 1 rings (SSSR count). The summed E-state index contributed by atoms with van der Waals surface area (Å²) in [7, 11) is 1.41. The summed E-state index contributed by atoms with van der Waals surface area (Å²) in [5.41, 5.74) is 4.91. The fourth-order valence-corrected chi connectivity index (χ4v) is 0.599. The number of rotatable bonds is 1. The first-order chi connectivity index (χ1) is 5.15. The quantitative estimate of drug-likeness (QED) is 0.463. The number of methoxy groups -OCH3 is 1. The predicted molar refractivity (Wildman–Crippen MR) is 36.2 cm³/mol. The fourth-order valence-electron chi connectivity index (χ4n) is 0.599. The van der Waals surface area contributed by atoms with Crippen LogP contribution in [0.2, 0.25) is 0 Å². The Hall–Kier alpha value is -1.72. The molecule has 6 heteroatoms. The van der Waals surface area contributed by atoms with Crippen molar-refractivity contribution in [3.63, 3.8) is 0 Å². The molecule has 1 aromatic rings. The van der Waals surface area contributed by atoms with E-state index in [-0.39, 0.29) is 17.3 Å². The highest BCUT2D eigenvalue weighted by Gasteiger charge is 1.99. The molecule has 0 bridgehead atoms. The van der Waals surface area contributed by atoms with Gasteiger partial charge in [0.25, 0.3) is 5.62 Å². The van der Waals surface area contributed by atoms with Gasteiger partial charge in [-0.15, -0.1) is 4.73 Å². The van der Waals surface area contributed by atoms with Crippen molar-refractivity contribution >= 4 is 5.82 Å². The normalized spacial score (nSPS) is 9.55. The highest BCUT2D eigenvalue weighted by atomic mass is 16.5. The minimum Gasteiger partial charge on any atom is -0.481 e. The Kier molecular flexibility index (Phi) is 1.67. The lowest BCUT2D eigenvalue weighted by Gasteiger charge is -2.02. The van der Waals surface area contributed by atoms with Gasteiger partial charge in [-0.2, -0.15) is 4.98 Å². The van der Waals surface area contributed by atoms with E-state index < -0.39 is 0 Å². The van der Waals surface area contributed by atoms with Crippen LogP contribution in [0.3, 0.4) is 0 Å². The fraction of sp³-hybridized carbons (Fsp3) is 0.200. The molecule has 0 saturated heterocycles. The molecule has 0 amide bonds. The SMILES string of the molecule is COc1cc(N)n(O)c(=N)n1. The van der Waals surface area contributed by atoms with Crippen molar-refractivity contribution in [2.75, 3.05) is 12.8 Å². The Morgan fingerprint density at radius 2 is 2.45 bits per heavy atom. The van der Waals surface area contributed by atoms with E-state index in [1.165, 1.54) is 13.2 Å². The molecule has 0 saturated carbocycles. The highest BCUT2D eigenvalue weighted by Crippen LogP contribution is 2.05. The summed E-state index contributed by atoms with van der Waals surface area (Å²) < 4.78 is 5.16. The lowest BCUT2D eigenvalue weighted by Crippen LogP contribution is -2.23. The van der Waals surface area contributed by atoms with Crippen LogP contribution in [0.15, 0.2) is 6.07 Å². The van der Waals surface area contributed by atoms with Crippen LogP contribution in [-0.4, -0.2) is 22.0 Å². The van der Waals surface area contributed by atoms with Gasteiger partial charge in [-0.3, -0.25) is 5.41 Å². The smallest absolute Gasteiger partial charge is 0.260 e. The Morgan fingerprint density at radius 3 is 2.91 bits per heavy atom. The number of nitrogens with two attached hydrogens (primary N) is 1. The Morgan fingerprint density at radius 1 is 1.82 bits per heavy atom. The first-order valence-electron chi connectivity index (χ1n) is 2.82. The summed E-state index contributed by atoms with van der Waals surface area (Å²) in [5.74, 6) is 0.222. The zero-order chi connectivity index (χ0) is 8.43. The van der Waals surface area contributed by atoms with Crippen molar-refractivity contribution in [2.24, 2.45) is 0 Å². The van der Waals surface area contributed by atoms with Crippen molar-refractivity contribution in [3.05, 3.63) is 11.7 Å². The van der Waals surface area contributed by atoms with Gasteiger partial charge in [-0.1, -0.05) is 0 Å². The van der Waals surface area contributed by atoms with Gasteiger partial charge in [-0.05, 0) is 0 Å². The van der Waals surface area contributed by atoms with E-state index in [0.717, 1.165) is 0 Å². The Labute approximate surface area is 62.3 Å². The number of nitrogen functional groups attached to an aromatic ring is 1. The lowest BCUT2D eigenvalue weighted by atomic mass is 10.6. The average Bonchev–Trinajstić information content (AvgIpc) is 1.99. The maximum atomic E-state index is 8.91. The van der Waals surface area contributed by atoms with Crippen LogP contribution < -0.4 is 16.1 Å². The molecule has 0 radical (unpaired) electrons. The van der Waals surface area contributed by atoms with E-state index in [9.17, 15) is 0 Å². The number of aromatic nitrogens is 2. The average molecular weight is 156 g/mol. The maximum Gasteiger partial charge on any atom is 0.260 e. The van der Waals surface area contributed by atoms with E-state index in [1.54, 1.807) is 0 Å². The van der Waals surface area contributed by atoms with E-state index in [2.05, 4.69) is 4.98 Å². The van der Waals surface area contributed by atoms with Crippen LogP contribution in [0.5, 0.6) is 5.88 Å². The standard InChI is InChI=1S/C5H8N4O2/c1-11-4-2-3(6)9(10)5(7)8-4/h2,7,10H,6H2,1H3. The van der Waals surface area contributed by atoms with Crippen LogP contribution >= 0.6 is 0 Å². The monoisotopic (exact) mass is 156 g/mol. The second kappa shape index (κ2) is 2.49. The second-order valence-electron chi connectivity index (χ2n) is 1.86. The van der Waals surface area contributed by atoms with Gasteiger partial charge in [0, 0.05) is 6.07 Å². The van der Waals surface area contributed by atoms with Gasteiger partial charge < -0.3 is 15.7 Å². The van der Waals surface area contributed by atoms with Crippen LogP contribution in [0.25, 0.3) is 0 Å². The predicted octanol–water partition coefficient (Wildman–Crippen LogP) is -0.809. The van der Waals surface area contributed by atoms with Crippen LogP contribution in [0, 0.1) is 5.41 Å². The molecular formula is C5H8N4O2. The van der Waals surface area contributed by atoms with Crippen molar-refractivity contribution in [1.29, 1.82) is 5.41 Å². The molecular weight excluding hydrogens is 148 g/mol. The lowest BCUT2D eigenvalue weighted by molar-refractivity contribution is 0.169. The summed E-state index contributed by atoms with van der Waals surface area (Å²) in [5, 5.41) is 16.0. The molecule has 0 aliphatic rings. The summed E-state index contributed by atoms with van der Waals surface area (Å²) in [6.07, 6.45) is 0. The molecule has 0 aliphatic heterocycles. The van der Waals surface area contributed by atoms with E-state index in [1.807, 2.05) is 0 Å². The van der Waals surface area contributed by atoms with Crippen molar-refractivity contribution in [2.45, 2.75) is 0 Å². The number of anilines is 1. The third-order valence-electron chi connectivity index (χ3n) is 1.14. The van der Waals surface area contributed by atoms with Gasteiger partial charge in [0.1, 0.15) is 5.82 Å². The largest absolute Gasteiger partial charge is 0.481 e. The zero-order valence-electron chi connectivity index (χ0n) is 5.90. The number of ether oxygens (including phenoxy) is 1. The number of hydrogen-bond donors (Lipinski definition) is 3. The second-order valence-corrected chi connectivity index (χ2v) is 1.86. The molecule has 1 heterocycles. The van der Waals surface area contributed by atoms with Crippen LogP contribution in [-0.2, 0) is 0 Å². The van der Waals surface area contributed by atoms with Gasteiger partial charge in [0.05, 0.1) is 7.11 Å². The molecule has 11 heavy (non-hydrogen) atoms. The molecule has 0 fully saturated rings. The minimum absolute atomic E-state index is 0.0156. The van der Waals surface area contributed by atoms with E-state index in [0.29, 0.717) is 4.73 Å². The molecule has 0 unspecified atom stereocenters. The molecule has 0 atom stereocenters. The molecule has 0 aliphatic carbocycles. The Balaban J connectivity index is 3.32. The van der Waals surface area contributed by atoms with Gasteiger partial charge in [-0.25, -0.2) is 0 Å².